The molecule has 1 fully saturated rings. The minimum Gasteiger partial charge on any atom is -0.341 e. The summed E-state index contributed by atoms with van der Waals surface area (Å²) in [5.74, 6) is -0.698. The van der Waals surface area contributed by atoms with E-state index in [9.17, 15) is 13.2 Å². The standard InChI is InChI=1S/C11H18N2O3S/c1-3-13(7-9(2)6-12)11(14)10-4-5-17(15,16)8-10/h9-10H,3-5,7-8H2,1-2H3. The first-order chi connectivity index (χ1) is 7.89. The van der Waals surface area contributed by atoms with Gasteiger partial charge in [-0.2, -0.15) is 5.26 Å². The Morgan fingerprint density at radius 1 is 1.59 bits per heavy atom. The molecular formula is C11H18N2O3S. The number of carbonyl (C=O) groups is 1. The van der Waals surface area contributed by atoms with Crippen molar-refractivity contribution in [3.05, 3.63) is 0 Å². The lowest BCUT2D eigenvalue weighted by Crippen LogP contribution is -2.39. The number of rotatable bonds is 4. The van der Waals surface area contributed by atoms with E-state index in [-0.39, 0.29) is 23.3 Å². The first-order valence-electron chi connectivity index (χ1n) is 5.78. The maximum Gasteiger partial charge on any atom is 0.226 e. The van der Waals surface area contributed by atoms with Gasteiger partial charge < -0.3 is 4.90 Å². The van der Waals surface area contributed by atoms with Crippen molar-refractivity contribution in [1.29, 1.82) is 5.26 Å². The first kappa shape index (κ1) is 14.0. The monoisotopic (exact) mass is 258 g/mol. The van der Waals surface area contributed by atoms with E-state index >= 15 is 0 Å². The van der Waals surface area contributed by atoms with Crippen LogP contribution in [0.5, 0.6) is 0 Å². The van der Waals surface area contributed by atoms with E-state index in [1.54, 1.807) is 11.8 Å². The number of hydrogen-bond acceptors (Lipinski definition) is 4. The summed E-state index contributed by atoms with van der Waals surface area (Å²) < 4.78 is 22.6. The zero-order valence-electron chi connectivity index (χ0n) is 10.2. The van der Waals surface area contributed by atoms with E-state index in [1.807, 2.05) is 6.92 Å². The Kier molecular flexibility index (Phi) is 4.52. The highest BCUT2D eigenvalue weighted by Gasteiger charge is 2.35. The quantitative estimate of drug-likeness (QED) is 0.732. The van der Waals surface area contributed by atoms with Crippen LogP contribution in [0.2, 0.25) is 0 Å². The third kappa shape index (κ3) is 3.70. The molecule has 5 nitrogen and oxygen atoms in total. The summed E-state index contributed by atoms with van der Waals surface area (Å²) in [4.78, 5) is 13.7. The highest BCUT2D eigenvalue weighted by atomic mass is 32.2. The molecule has 0 aromatic heterocycles. The fraction of sp³-hybridized carbons (Fsp3) is 0.818. The number of hydrogen-bond donors (Lipinski definition) is 0. The summed E-state index contributed by atoms with van der Waals surface area (Å²) in [6, 6.07) is 2.08. The van der Waals surface area contributed by atoms with Gasteiger partial charge in [-0.3, -0.25) is 4.79 Å². The van der Waals surface area contributed by atoms with Crippen LogP contribution in [-0.2, 0) is 14.6 Å². The molecule has 0 bridgehead atoms. The topological polar surface area (TPSA) is 78.2 Å². The molecule has 1 saturated heterocycles. The molecule has 0 aromatic carbocycles. The minimum absolute atomic E-state index is 0.0384. The lowest BCUT2D eigenvalue weighted by Gasteiger charge is -2.24. The highest BCUT2D eigenvalue weighted by molar-refractivity contribution is 7.91. The van der Waals surface area contributed by atoms with Crippen LogP contribution in [0.4, 0.5) is 0 Å². The molecule has 1 aliphatic heterocycles. The highest BCUT2D eigenvalue weighted by Crippen LogP contribution is 2.21. The van der Waals surface area contributed by atoms with Crippen molar-refractivity contribution in [1.82, 2.24) is 4.90 Å². The third-order valence-electron chi connectivity index (χ3n) is 2.99. The lowest BCUT2D eigenvalue weighted by molar-refractivity contribution is -0.134. The summed E-state index contributed by atoms with van der Waals surface area (Å²) >= 11 is 0. The second-order valence-electron chi connectivity index (χ2n) is 4.51. The van der Waals surface area contributed by atoms with Gasteiger partial charge in [0.25, 0.3) is 0 Å². The summed E-state index contributed by atoms with van der Waals surface area (Å²) in [5, 5.41) is 8.73. The van der Waals surface area contributed by atoms with Gasteiger partial charge in [0.05, 0.1) is 29.4 Å². The van der Waals surface area contributed by atoms with E-state index in [0.29, 0.717) is 19.5 Å². The Labute approximate surface area is 102 Å². The lowest BCUT2D eigenvalue weighted by atomic mass is 10.1. The number of amides is 1. The molecular weight excluding hydrogens is 240 g/mol. The maximum atomic E-state index is 12.1. The van der Waals surface area contributed by atoms with E-state index in [0.717, 1.165) is 0 Å². The van der Waals surface area contributed by atoms with Crippen LogP contribution in [0.25, 0.3) is 0 Å². The Hall–Kier alpha value is -1.09. The zero-order valence-corrected chi connectivity index (χ0v) is 11.0. The van der Waals surface area contributed by atoms with Gasteiger partial charge in [-0.25, -0.2) is 8.42 Å². The second-order valence-corrected chi connectivity index (χ2v) is 6.74. The smallest absolute Gasteiger partial charge is 0.226 e. The van der Waals surface area contributed by atoms with Crippen LogP contribution in [0.3, 0.4) is 0 Å². The van der Waals surface area contributed by atoms with Gasteiger partial charge in [-0.05, 0) is 20.3 Å². The molecule has 1 heterocycles. The molecule has 2 unspecified atom stereocenters. The van der Waals surface area contributed by atoms with Gasteiger partial charge in [0.15, 0.2) is 9.84 Å². The summed E-state index contributed by atoms with van der Waals surface area (Å²) in [6.45, 7) is 4.48. The predicted octanol–water partition coefficient (Wildman–Crippen LogP) is 0.429. The van der Waals surface area contributed by atoms with Crippen molar-refractivity contribution in [2.75, 3.05) is 24.6 Å². The average Bonchev–Trinajstić information content (AvgIpc) is 2.65. The fourth-order valence-corrected chi connectivity index (χ4v) is 3.73. The average molecular weight is 258 g/mol. The molecule has 6 heteroatoms. The molecule has 1 amide bonds. The van der Waals surface area contributed by atoms with Crippen molar-refractivity contribution in [3.63, 3.8) is 0 Å². The van der Waals surface area contributed by atoms with E-state index in [4.69, 9.17) is 5.26 Å². The Bertz CT molecular complexity index is 424. The molecule has 1 rings (SSSR count). The maximum absolute atomic E-state index is 12.1. The number of nitriles is 1. The molecule has 2 atom stereocenters. The van der Waals surface area contributed by atoms with Crippen LogP contribution >= 0.6 is 0 Å². The Morgan fingerprint density at radius 3 is 2.65 bits per heavy atom. The van der Waals surface area contributed by atoms with Gasteiger partial charge in [0.2, 0.25) is 5.91 Å². The molecule has 0 spiro atoms. The third-order valence-corrected chi connectivity index (χ3v) is 4.76. The van der Waals surface area contributed by atoms with Gasteiger partial charge in [-0.15, -0.1) is 0 Å². The zero-order chi connectivity index (χ0) is 13.1. The van der Waals surface area contributed by atoms with Gasteiger partial charge in [-0.1, -0.05) is 0 Å². The summed E-state index contributed by atoms with van der Waals surface area (Å²) in [6.07, 6.45) is 0.415. The Balaban J connectivity index is 2.65. The van der Waals surface area contributed by atoms with Crippen LogP contribution in [0.15, 0.2) is 0 Å². The van der Waals surface area contributed by atoms with Gasteiger partial charge in [0, 0.05) is 13.1 Å². The number of nitrogens with zero attached hydrogens (tertiary/aromatic N) is 2. The van der Waals surface area contributed by atoms with Gasteiger partial charge in [0.1, 0.15) is 0 Å². The van der Waals surface area contributed by atoms with Crippen LogP contribution in [0.1, 0.15) is 20.3 Å². The second kappa shape index (κ2) is 5.50. The van der Waals surface area contributed by atoms with Gasteiger partial charge >= 0.3 is 0 Å². The SMILES string of the molecule is CCN(CC(C)C#N)C(=O)C1CCS(=O)(=O)C1. The van der Waals surface area contributed by atoms with Crippen molar-refractivity contribution < 1.29 is 13.2 Å². The molecule has 0 N–H and O–H groups in total. The Morgan fingerprint density at radius 2 is 2.24 bits per heavy atom. The molecule has 17 heavy (non-hydrogen) atoms. The normalized spacial score (nSPS) is 23.9. The minimum atomic E-state index is -3.03. The van der Waals surface area contributed by atoms with Crippen LogP contribution < -0.4 is 0 Å². The van der Waals surface area contributed by atoms with Crippen molar-refractivity contribution in [2.45, 2.75) is 20.3 Å². The first-order valence-corrected chi connectivity index (χ1v) is 7.60. The molecule has 0 aromatic rings. The largest absolute Gasteiger partial charge is 0.341 e. The predicted molar refractivity (Wildman–Crippen MR) is 63.8 cm³/mol. The molecule has 96 valence electrons. The molecule has 0 aliphatic carbocycles. The van der Waals surface area contributed by atoms with E-state index < -0.39 is 15.8 Å². The van der Waals surface area contributed by atoms with Crippen molar-refractivity contribution in [2.24, 2.45) is 11.8 Å². The molecule has 1 aliphatic rings. The van der Waals surface area contributed by atoms with E-state index in [1.165, 1.54) is 0 Å². The van der Waals surface area contributed by atoms with Crippen LogP contribution in [-0.4, -0.2) is 43.8 Å². The molecule has 0 saturated carbocycles. The molecule has 0 radical (unpaired) electrons. The number of sulfone groups is 1. The fourth-order valence-electron chi connectivity index (χ4n) is 1.99. The summed E-state index contributed by atoms with van der Waals surface area (Å²) in [7, 11) is -3.03. The number of carbonyl (C=O) groups excluding carboxylic acids is 1. The summed E-state index contributed by atoms with van der Waals surface area (Å²) in [5.41, 5.74) is 0. The van der Waals surface area contributed by atoms with Crippen LogP contribution in [0, 0.1) is 23.2 Å². The van der Waals surface area contributed by atoms with E-state index in [2.05, 4.69) is 6.07 Å². The van der Waals surface area contributed by atoms with Crippen molar-refractivity contribution >= 4 is 15.7 Å². The van der Waals surface area contributed by atoms with Crippen molar-refractivity contribution in [3.8, 4) is 6.07 Å².